The molecule has 28 heavy (non-hydrogen) atoms. The van der Waals surface area contributed by atoms with Crippen LogP contribution < -0.4 is 5.32 Å². The average molecular weight is 378 g/mol. The number of carbonyl (C=O) groups is 2. The number of benzene rings is 2. The van der Waals surface area contributed by atoms with E-state index in [9.17, 15) is 9.59 Å². The summed E-state index contributed by atoms with van der Waals surface area (Å²) in [6, 6.07) is 17.2. The smallest absolute Gasteiger partial charge is 0.253 e. The van der Waals surface area contributed by atoms with Crippen LogP contribution in [0.5, 0.6) is 0 Å². The summed E-state index contributed by atoms with van der Waals surface area (Å²) in [5.74, 6) is -0.234. The van der Waals surface area contributed by atoms with Crippen molar-refractivity contribution in [1.29, 1.82) is 0 Å². The van der Waals surface area contributed by atoms with Gasteiger partial charge in [-0.3, -0.25) is 9.59 Å². The highest BCUT2D eigenvalue weighted by molar-refractivity contribution is 5.97. The molecule has 2 aliphatic heterocycles. The molecule has 0 aliphatic carbocycles. The molecule has 2 aliphatic rings. The highest BCUT2D eigenvalue weighted by Gasteiger charge is 2.51. The van der Waals surface area contributed by atoms with Gasteiger partial charge in [0.25, 0.3) is 5.91 Å². The first-order chi connectivity index (χ1) is 13.6. The van der Waals surface area contributed by atoms with Crippen LogP contribution in [0.25, 0.3) is 0 Å². The molecule has 2 heterocycles. The van der Waals surface area contributed by atoms with Crippen LogP contribution in [0.2, 0.25) is 0 Å². The standard InChI is InChI=1S/C23H26N2O3/c1-17-6-5-7-18(14-17)22(27)25-15-20(23(16-25)10-12-28-13-11-23)21(26)24-19-8-3-2-4-9-19/h2-9,14,20H,10-13,15-16H2,1H3,(H,24,26)/t20-/m1/s1. The fourth-order valence-electron chi connectivity index (χ4n) is 4.48. The molecule has 5 nitrogen and oxygen atoms in total. The molecule has 0 aromatic heterocycles. The van der Waals surface area contributed by atoms with Gasteiger partial charge in [0.05, 0.1) is 5.92 Å². The Morgan fingerprint density at radius 2 is 1.82 bits per heavy atom. The van der Waals surface area contributed by atoms with Crippen molar-refractivity contribution in [2.75, 3.05) is 31.6 Å². The van der Waals surface area contributed by atoms with E-state index in [1.807, 2.05) is 66.4 Å². The van der Waals surface area contributed by atoms with Crippen LogP contribution in [-0.4, -0.2) is 43.0 Å². The van der Waals surface area contributed by atoms with E-state index in [2.05, 4.69) is 5.32 Å². The van der Waals surface area contributed by atoms with E-state index in [4.69, 9.17) is 4.74 Å². The van der Waals surface area contributed by atoms with Crippen LogP contribution in [0.15, 0.2) is 54.6 Å². The predicted octanol–water partition coefficient (Wildman–Crippen LogP) is 3.50. The minimum atomic E-state index is -0.231. The maximum atomic E-state index is 13.2. The fraction of sp³-hybridized carbons (Fsp3) is 0.391. The van der Waals surface area contributed by atoms with Crippen molar-refractivity contribution >= 4 is 17.5 Å². The van der Waals surface area contributed by atoms with Crippen molar-refractivity contribution in [2.45, 2.75) is 19.8 Å². The number of aryl methyl sites for hydroxylation is 1. The third kappa shape index (κ3) is 3.67. The second kappa shape index (κ2) is 7.76. The molecule has 2 aromatic carbocycles. The van der Waals surface area contributed by atoms with Gasteiger partial charge in [0, 0.05) is 43.0 Å². The Morgan fingerprint density at radius 3 is 2.54 bits per heavy atom. The Kier molecular flexibility index (Phi) is 5.18. The molecule has 1 spiro atoms. The number of rotatable bonds is 3. The lowest BCUT2D eigenvalue weighted by Gasteiger charge is -2.37. The number of likely N-dealkylation sites (tertiary alicyclic amines) is 1. The number of carbonyl (C=O) groups excluding carboxylic acids is 2. The zero-order valence-electron chi connectivity index (χ0n) is 16.2. The Hall–Kier alpha value is -2.66. The van der Waals surface area contributed by atoms with E-state index in [0.717, 1.165) is 24.1 Å². The van der Waals surface area contributed by atoms with Crippen LogP contribution >= 0.6 is 0 Å². The second-order valence-corrected chi connectivity index (χ2v) is 7.94. The highest BCUT2D eigenvalue weighted by Crippen LogP contribution is 2.45. The Morgan fingerprint density at radius 1 is 1.07 bits per heavy atom. The summed E-state index contributed by atoms with van der Waals surface area (Å²) in [6.07, 6.45) is 1.61. The summed E-state index contributed by atoms with van der Waals surface area (Å²) in [5, 5.41) is 3.05. The number of nitrogens with zero attached hydrogens (tertiary/aromatic N) is 1. The van der Waals surface area contributed by atoms with E-state index in [-0.39, 0.29) is 23.1 Å². The molecule has 0 bridgehead atoms. The zero-order valence-corrected chi connectivity index (χ0v) is 16.2. The van der Waals surface area contributed by atoms with Gasteiger partial charge >= 0.3 is 0 Å². The van der Waals surface area contributed by atoms with Gasteiger partial charge in [0.1, 0.15) is 0 Å². The summed E-state index contributed by atoms with van der Waals surface area (Å²) in [5.41, 5.74) is 2.32. The number of para-hydroxylation sites is 1. The summed E-state index contributed by atoms with van der Waals surface area (Å²) >= 11 is 0. The van der Waals surface area contributed by atoms with E-state index >= 15 is 0 Å². The minimum Gasteiger partial charge on any atom is -0.381 e. The van der Waals surface area contributed by atoms with Crippen molar-refractivity contribution in [3.05, 3.63) is 65.7 Å². The van der Waals surface area contributed by atoms with Gasteiger partial charge in [-0.25, -0.2) is 0 Å². The molecule has 0 saturated carbocycles. The van der Waals surface area contributed by atoms with Gasteiger partial charge in [-0.2, -0.15) is 0 Å². The van der Waals surface area contributed by atoms with Gasteiger partial charge in [-0.05, 0) is 44.0 Å². The lowest BCUT2D eigenvalue weighted by molar-refractivity contribution is -0.124. The minimum absolute atomic E-state index is 0.00424. The lowest BCUT2D eigenvalue weighted by atomic mass is 9.71. The SMILES string of the molecule is Cc1cccc(C(=O)N2C[C@H](C(=O)Nc3ccccc3)C3(CCOCC3)C2)c1. The zero-order chi connectivity index (χ0) is 19.6. The van der Waals surface area contributed by atoms with Gasteiger partial charge < -0.3 is 15.0 Å². The summed E-state index contributed by atoms with van der Waals surface area (Å²) in [4.78, 5) is 28.1. The molecule has 4 rings (SSSR count). The molecular weight excluding hydrogens is 352 g/mol. The molecule has 0 unspecified atom stereocenters. The fourth-order valence-corrected chi connectivity index (χ4v) is 4.48. The topological polar surface area (TPSA) is 58.6 Å². The van der Waals surface area contributed by atoms with Crippen LogP contribution in [0.1, 0.15) is 28.8 Å². The van der Waals surface area contributed by atoms with Gasteiger partial charge in [-0.15, -0.1) is 0 Å². The van der Waals surface area contributed by atoms with Crippen LogP contribution in [0, 0.1) is 18.3 Å². The Balaban J connectivity index is 1.57. The molecule has 1 atom stereocenters. The maximum absolute atomic E-state index is 13.2. The Labute approximate surface area is 165 Å². The lowest BCUT2D eigenvalue weighted by Crippen LogP contribution is -2.42. The first-order valence-electron chi connectivity index (χ1n) is 9.87. The van der Waals surface area contributed by atoms with Gasteiger partial charge in [0.15, 0.2) is 0 Å². The number of nitrogens with one attached hydrogen (secondary N) is 1. The summed E-state index contributed by atoms with van der Waals surface area (Å²) in [6.45, 7) is 4.32. The molecule has 1 N–H and O–H groups in total. The van der Waals surface area contributed by atoms with Crippen molar-refractivity contribution in [1.82, 2.24) is 4.90 Å². The molecule has 2 aromatic rings. The quantitative estimate of drug-likeness (QED) is 0.889. The van der Waals surface area contributed by atoms with Crippen molar-refractivity contribution in [2.24, 2.45) is 11.3 Å². The number of hydrogen-bond acceptors (Lipinski definition) is 3. The predicted molar refractivity (Wildman–Crippen MR) is 108 cm³/mol. The highest BCUT2D eigenvalue weighted by atomic mass is 16.5. The van der Waals surface area contributed by atoms with Crippen LogP contribution in [0.4, 0.5) is 5.69 Å². The van der Waals surface area contributed by atoms with Crippen molar-refractivity contribution in [3.8, 4) is 0 Å². The second-order valence-electron chi connectivity index (χ2n) is 7.94. The monoisotopic (exact) mass is 378 g/mol. The first kappa shape index (κ1) is 18.7. The molecule has 146 valence electrons. The van der Waals surface area contributed by atoms with Crippen LogP contribution in [0.3, 0.4) is 0 Å². The molecule has 2 amide bonds. The summed E-state index contributed by atoms with van der Waals surface area (Å²) in [7, 11) is 0. The third-order valence-electron chi connectivity index (χ3n) is 6.05. The van der Waals surface area contributed by atoms with E-state index in [0.29, 0.717) is 31.9 Å². The number of ether oxygens (including phenoxy) is 1. The first-order valence-corrected chi connectivity index (χ1v) is 9.87. The largest absolute Gasteiger partial charge is 0.381 e. The average Bonchev–Trinajstić information content (AvgIpc) is 3.07. The molecule has 2 fully saturated rings. The molecule has 5 heteroatoms. The maximum Gasteiger partial charge on any atom is 0.253 e. The summed E-state index contributed by atoms with van der Waals surface area (Å²) < 4.78 is 5.56. The molecule has 2 saturated heterocycles. The molecular formula is C23H26N2O3. The third-order valence-corrected chi connectivity index (χ3v) is 6.05. The van der Waals surface area contributed by atoms with Gasteiger partial charge in [0.2, 0.25) is 5.91 Å². The Bertz CT molecular complexity index is 859. The van der Waals surface area contributed by atoms with Crippen molar-refractivity contribution in [3.63, 3.8) is 0 Å². The normalized spacial score (nSPS) is 20.9. The van der Waals surface area contributed by atoms with Gasteiger partial charge in [-0.1, -0.05) is 35.9 Å². The van der Waals surface area contributed by atoms with Crippen molar-refractivity contribution < 1.29 is 14.3 Å². The molecule has 0 radical (unpaired) electrons. The van der Waals surface area contributed by atoms with E-state index < -0.39 is 0 Å². The number of hydrogen-bond donors (Lipinski definition) is 1. The number of anilines is 1. The van der Waals surface area contributed by atoms with E-state index in [1.165, 1.54) is 0 Å². The van der Waals surface area contributed by atoms with E-state index in [1.54, 1.807) is 0 Å². The van der Waals surface area contributed by atoms with Crippen LogP contribution in [-0.2, 0) is 9.53 Å². The number of amides is 2.